The number of rotatable bonds is 8. The van der Waals surface area contributed by atoms with Crippen LogP contribution >= 0.6 is 0 Å². The van der Waals surface area contributed by atoms with Crippen molar-refractivity contribution in [3.05, 3.63) is 48.0 Å². The molecule has 0 saturated carbocycles. The van der Waals surface area contributed by atoms with Gasteiger partial charge in [-0.3, -0.25) is 10.1 Å². The van der Waals surface area contributed by atoms with Crippen LogP contribution in [0.3, 0.4) is 0 Å². The molecule has 0 fully saturated rings. The minimum atomic E-state index is -0.891. The van der Waals surface area contributed by atoms with Crippen molar-refractivity contribution in [2.24, 2.45) is 7.05 Å². The number of oxazole rings is 1. The third-order valence-corrected chi connectivity index (χ3v) is 4.64. The number of carbonyl (C=O) groups excluding carboxylic acids is 1. The molecule has 9 nitrogen and oxygen atoms in total. The number of fused-ring (bicyclic) bond motifs is 2. The summed E-state index contributed by atoms with van der Waals surface area (Å²) in [5, 5.41) is 15.5. The zero-order valence-electron chi connectivity index (χ0n) is 17.7. The summed E-state index contributed by atoms with van der Waals surface area (Å²) in [4.78, 5) is 21.4. The second-order valence-electron chi connectivity index (χ2n) is 7.93. The summed E-state index contributed by atoms with van der Waals surface area (Å²) in [7, 11) is 1.88. The normalized spacial score (nSPS) is 11.9. The lowest BCUT2D eigenvalue weighted by molar-refractivity contribution is -0.0194. The van der Waals surface area contributed by atoms with E-state index < -0.39 is 5.60 Å². The number of aromatic nitrogens is 3. The number of hydrogen-bond acceptors (Lipinski definition) is 7. The highest BCUT2D eigenvalue weighted by Crippen LogP contribution is 2.24. The summed E-state index contributed by atoms with van der Waals surface area (Å²) in [5.41, 5.74) is 2.60. The van der Waals surface area contributed by atoms with Crippen LogP contribution in [-0.4, -0.2) is 50.9 Å². The van der Waals surface area contributed by atoms with Crippen molar-refractivity contribution < 1.29 is 19.1 Å². The van der Waals surface area contributed by atoms with Crippen molar-refractivity contribution >= 4 is 40.0 Å². The van der Waals surface area contributed by atoms with Gasteiger partial charge in [-0.2, -0.15) is 4.98 Å². The van der Waals surface area contributed by atoms with Gasteiger partial charge >= 0.3 is 6.01 Å². The number of benzene rings is 2. The number of carbonyl (C=O) groups is 1. The van der Waals surface area contributed by atoms with Crippen LogP contribution in [0.2, 0.25) is 0 Å². The van der Waals surface area contributed by atoms with Gasteiger partial charge in [-0.1, -0.05) is 12.1 Å². The molecular weight excluding hydrogens is 398 g/mol. The SMILES string of the molecule is Cn1c(Nc2nc3ccccc3o2)nc2cc(C(=O)NCCOCC(C)(C)O)ccc21. The number of ether oxygens (including phenoxy) is 1. The van der Waals surface area contributed by atoms with E-state index in [4.69, 9.17) is 9.15 Å². The van der Waals surface area contributed by atoms with Crippen molar-refractivity contribution in [1.29, 1.82) is 0 Å². The van der Waals surface area contributed by atoms with E-state index >= 15 is 0 Å². The Balaban J connectivity index is 1.43. The van der Waals surface area contributed by atoms with Crippen molar-refractivity contribution in [1.82, 2.24) is 19.9 Å². The molecule has 0 aliphatic carbocycles. The molecule has 0 aliphatic heterocycles. The van der Waals surface area contributed by atoms with Crippen LogP contribution in [0.1, 0.15) is 24.2 Å². The number of nitrogens with zero attached hydrogens (tertiary/aromatic N) is 3. The monoisotopic (exact) mass is 423 g/mol. The maximum Gasteiger partial charge on any atom is 0.302 e. The Kier molecular flexibility index (Phi) is 5.62. The van der Waals surface area contributed by atoms with E-state index in [9.17, 15) is 9.90 Å². The van der Waals surface area contributed by atoms with Crippen LogP contribution in [0.25, 0.3) is 22.1 Å². The molecule has 0 saturated heterocycles. The van der Waals surface area contributed by atoms with Gasteiger partial charge in [0.2, 0.25) is 5.95 Å². The highest BCUT2D eigenvalue weighted by Gasteiger charge is 2.15. The van der Waals surface area contributed by atoms with Crippen LogP contribution in [0.15, 0.2) is 46.9 Å². The van der Waals surface area contributed by atoms with Crippen molar-refractivity contribution in [3.8, 4) is 0 Å². The first-order valence-corrected chi connectivity index (χ1v) is 9.97. The lowest BCUT2D eigenvalue weighted by Gasteiger charge is -2.16. The third-order valence-electron chi connectivity index (χ3n) is 4.64. The van der Waals surface area contributed by atoms with Gasteiger partial charge in [0.25, 0.3) is 5.91 Å². The summed E-state index contributed by atoms with van der Waals surface area (Å²) in [5.74, 6) is 0.340. The Morgan fingerprint density at radius 3 is 2.77 bits per heavy atom. The zero-order chi connectivity index (χ0) is 22.0. The molecule has 2 heterocycles. The molecule has 0 spiro atoms. The fourth-order valence-corrected chi connectivity index (χ4v) is 3.13. The van der Waals surface area contributed by atoms with Crippen LogP contribution in [0.5, 0.6) is 0 Å². The summed E-state index contributed by atoms with van der Waals surface area (Å²) in [6.45, 7) is 4.21. The molecule has 3 N–H and O–H groups in total. The molecule has 0 radical (unpaired) electrons. The van der Waals surface area contributed by atoms with Gasteiger partial charge in [-0.15, -0.1) is 0 Å². The second kappa shape index (κ2) is 8.37. The van der Waals surface area contributed by atoms with Crippen LogP contribution in [0.4, 0.5) is 12.0 Å². The molecule has 2 aromatic carbocycles. The van der Waals surface area contributed by atoms with Gasteiger partial charge in [0.05, 0.1) is 29.8 Å². The first-order valence-electron chi connectivity index (χ1n) is 9.97. The fraction of sp³-hybridized carbons (Fsp3) is 0.318. The Labute approximate surface area is 179 Å². The second-order valence-corrected chi connectivity index (χ2v) is 7.93. The van der Waals surface area contributed by atoms with Gasteiger partial charge < -0.3 is 24.1 Å². The van der Waals surface area contributed by atoms with Crippen molar-refractivity contribution in [2.45, 2.75) is 19.4 Å². The molecule has 2 aromatic heterocycles. The topological polar surface area (TPSA) is 114 Å². The number of imidazole rings is 1. The largest absolute Gasteiger partial charge is 0.423 e. The Morgan fingerprint density at radius 1 is 1.19 bits per heavy atom. The van der Waals surface area contributed by atoms with Gasteiger partial charge in [-0.25, -0.2) is 4.98 Å². The quantitative estimate of drug-likeness (QED) is 0.373. The van der Waals surface area contributed by atoms with Gasteiger partial charge in [-0.05, 0) is 44.2 Å². The van der Waals surface area contributed by atoms with Crippen molar-refractivity contribution in [3.63, 3.8) is 0 Å². The minimum absolute atomic E-state index is 0.207. The maximum atomic E-state index is 12.4. The Bertz CT molecular complexity index is 1190. The third kappa shape index (κ3) is 4.84. The predicted molar refractivity (Wildman–Crippen MR) is 117 cm³/mol. The molecule has 0 unspecified atom stereocenters. The predicted octanol–water partition coefficient (Wildman–Crippen LogP) is 2.98. The number of anilines is 2. The Hall–Kier alpha value is -3.43. The molecule has 4 rings (SSSR count). The molecule has 0 atom stereocenters. The van der Waals surface area contributed by atoms with Gasteiger partial charge in [0, 0.05) is 19.2 Å². The van der Waals surface area contributed by atoms with E-state index in [2.05, 4.69) is 20.6 Å². The zero-order valence-corrected chi connectivity index (χ0v) is 17.7. The molecule has 0 aliphatic rings. The highest BCUT2D eigenvalue weighted by molar-refractivity contribution is 5.97. The first kappa shape index (κ1) is 20.8. The smallest absolute Gasteiger partial charge is 0.302 e. The number of para-hydroxylation sites is 2. The molecule has 0 bridgehead atoms. The molecule has 4 aromatic rings. The average molecular weight is 423 g/mol. The van der Waals surface area contributed by atoms with E-state index in [0.29, 0.717) is 41.8 Å². The van der Waals surface area contributed by atoms with Crippen LogP contribution in [-0.2, 0) is 11.8 Å². The summed E-state index contributed by atoms with van der Waals surface area (Å²) < 4.78 is 12.9. The van der Waals surface area contributed by atoms with Crippen LogP contribution < -0.4 is 10.6 Å². The molecular formula is C22H25N5O4. The average Bonchev–Trinajstić information content (AvgIpc) is 3.27. The summed E-state index contributed by atoms with van der Waals surface area (Å²) in [6, 6.07) is 13.2. The molecule has 162 valence electrons. The van der Waals surface area contributed by atoms with Crippen LogP contribution in [0, 0.1) is 0 Å². The molecule has 1 amide bonds. The summed E-state index contributed by atoms with van der Waals surface area (Å²) in [6.07, 6.45) is 0. The standard InChI is InChI=1S/C22H25N5O4/c1-22(2,29)13-30-11-10-23-19(28)14-8-9-17-16(12-14)24-20(27(17)3)26-21-25-15-6-4-5-7-18(15)31-21/h4-9,12,29H,10-11,13H2,1-3H3,(H,23,28)(H,24,25,26). The molecule has 9 heteroatoms. The number of aryl methyl sites for hydroxylation is 1. The lowest BCUT2D eigenvalue weighted by atomic mass is 10.2. The van der Waals surface area contributed by atoms with Crippen molar-refractivity contribution in [2.75, 3.05) is 25.1 Å². The number of aliphatic hydroxyl groups is 1. The maximum absolute atomic E-state index is 12.4. The number of amides is 1. The highest BCUT2D eigenvalue weighted by atomic mass is 16.5. The lowest BCUT2D eigenvalue weighted by Crippen LogP contribution is -2.31. The van der Waals surface area contributed by atoms with E-state index in [-0.39, 0.29) is 12.5 Å². The van der Waals surface area contributed by atoms with E-state index in [1.165, 1.54) is 0 Å². The fourth-order valence-electron chi connectivity index (χ4n) is 3.13. The minimum Gasteiger partial charge on any atom is -0.423 e. The first-order chi connectivity index (χ1) is 14.8. The summed E-state index contributed by atoms with van der Waals surface area (Å²) >= 11 is 0. The number of nitrogens with one attached hydrogen (secondary N) is 2. The van der Waals surface area contributed by atoms with Gasteiger partial charge in [0.1, 0.15) is 5.52 Å². The molecule has 31 heavy (non-hydrogen) atoms. The van der Waals surface area contributed by atoms with E-state index in [1.54, 1.807) is 26.0 Å². The van der Waals surface area contributed by atoms with Gasteiger partial charge in [0.15, 0.2) is 5.58 Å². The van der Waals surface area contributed by atoms with E-state index in [1.807, 2.05) is 41.9 Å². The Morgan fingerprint density at radius 2 is 2.00 bits per heavy atom. The van der Waals surface area contributed by atoms with E-state index in [0.717, 1.165) is 11.0 Å². The number of hydrogen-bond donors (Lipinski definition) is 3.